The maximum Gasteiger partial charge on any atom is 0.223 e. The van der Waals surface area contributed by atoms with Crippen molar-refractivity contribution in [1.29, 1.82) is 0 Å². The zero-order valence-electron chi connectivity index (χ0n) is 18.0. The van der Waals surface area contributed by atoms with Crippen molar-refractivity contribution in [3.8, 4) is 0 Å². The molecule has 1 aliphatic heterocycles. The number of piperidine rings is 1. The lowest BCUT2D eigenvalue weighted by molar-refractivity contribution is -0.128. The van der Waals surface area contributed by atoms with Crippen LogP contribution in [0.1, 0.15) is 55.1 Å². The monoisotopic (exact) mass is 407 g/mol. The second-order valence-electron chi connectivity index (χ2n) is 8.71. The Bertz CT molecular complexity index is 850. The van der Waals surface area contributed by atoms with E-state index >= 15 is 0 Å². The molecule has 0 unspecified atom stereocenters. The third kappa shape index (κ3) is 4.64. The number of nitrogens with zero attached hydrogens (tertiary/aromatic N) is 4. The van der Waals surface area contributed by atoms with Crippen molar-refractivity contribution in [3.63, 3.8) is 0 Å². The molecule has 2 aliphatic rings. The van der Waals surface area contributed by atoms with Crippen LogP contribution in [0.25, 0.3) is 0 Å². The second kappa shape index (κ2) is 9.56. The predicted octanol–water partition coefficient (Wildman–Crippen LogP) is 3.64. The molecule has 2 aromatic rings. The van der Waals surface area contributed by atoms with Crippen LogP contribution in [0.15, 0.2) is 43.2 Å². The van der Waals surface area contributed by atoms with Crippen LogP contribution in [0.5, 0.6) is 0 Å². The Hall–Kier alpha value is -2.47. The van der Waals surface area contributed by atoms with Gasteiger partial charge in [-0.3, -0.25) is 19.4 Å². The van der Waals surface area contributed by atoms with Gasteiger partial charge >= 0.3 is 0 Å². The molecule has 2 fully saturated rings. The highest BCUT2D eigenvalue weighted by molar-refractivity contribution is 5.79. The summed E-state index contributed by atoms with van der Waals surface area (Å²) < 4.78 is 2.00. The molecule has 1 saturated carbocycles. The fraction of sp³-hybridized carbons (Fsp3) is 0.542. The molecule has 0 bridgehead atoms. The molecule has 0 aromatic carbocycles. The molecule has 1 saturated heterocycles. The molecule has 6 nitrogen and oxygen atoms in total. The molecule has 3 heterocycles. The maximum absolute atomic E-state index is 12.7. The van der Waals surface area contributed by atoms with Gasteiger partial charge in [-0.1, -0.05) is 18.6 Å². The first-order valence-corrected chi connectivity index (χ1v) is 11.2. The minimum absolute atomic E-state index is 0.0125. The number of allylic oxidation sites excluding steroid dienone is 1. The van der Waals surface area contributed by atoms with E-state index < -0.39 is 0 Å². The lowest BCUT2D eigenvalue weighted by Gasteiger charge is -2.37. The molecular weight excluding hydrogens is 374 g/mol. The molecule has 1 aliphatic carbocycles. The van der Waals surface area contributed by atoms with Gasteiger partial charge in [0, 0.05) is 29.9 Å². The Kier molecular flexibility index (Phi) is 6.62. The van der Waals surface area contributed by atoms with Gasteiger partial charge in [-0.2, -0.15) is 5.10 Å². The van der Waals surface area contributed by atoms with Gasteiger partial charge in [-0.05, 0) is 63.7 Å². The van der Waals surface area contributed by atoms with E-state index in [2.05, 4.69) is 39.9 Å². The smallest absolute Gasteiger partial charge is 0.223 e. The van der Waals surface area contributed by atoms with Crippen LogP contribution in [0, 0.1) is 18.8 Å². The molecule has 6 heteroatoms. The number of hydrogen-bond acceptors (Lipinski definition) is 4. The van der Waals surface area contributed by atoms with Crippen molar-refractivity contribution in [3.05, 3.63) is 60.2 Å². The maximum atomic E-state index is 12.7. The van der Waals surface area contributed by atoms with Gasteiger partial charge in [0.15, 0.2) is 0 Å². The first-order chi connectivity index (χ1) is 14.7. The Morgan fingerprint density at radius 1 is 1.30 bits per heavy atom. The van der Waals surface area contributed by atoms with Crippen molar-refractivity contribution in [1.82, 2.24) is 25.0 Å². The van der Waals surface area contributed by atoms with Crippen LogP contribution in [0.3, 0.4) is 0 Å². The molecule has 0 spiro atoms. The Balaban J connectivity index is 1.38. The fourth-order valence-corrected chi connectivity index (χ4v) is 4.57. The SMILES string of the molecule is C=CCn1ncc(CN2CCC([C@H](NC(=O)C3CCC3)c3ccccn3)CC2)c1C. The number of pyridine rings is 1. The highest BCUT2D eigenvalue weighted by Gasteiger charge is 2.33. The van der Waals surface area contributed by atoms with Crippen LogP contribution >= 0.6 is 0 Å². The summed E-state index contributed by atoms with van der Waals surface area (Å²) in [6.45, 7) is 9.67. The largest absolute Gasteiger partial charge is 0.347 e. The van der Waals surface area contributed by atoms with Gasteiger partial charge in [-0.25, -0.2) is 0 Å². The summed E-state index contributed by atoms with van der Waals surface area (Å²) >= 11 is 0. The minimum atomic E-state index is 0.0125. The normalized spacial score (nSPS) is 19.2. The van der Waals surface area contributed by atoms with Crippen molar-refractivity contribution in [2.45, 2.75) is 58.2 Å². The number of aromatic nitrogens is 3. The number of amides is 1. The molecule has 1 N–H and O–H groups in total. The lowest BCUT2D eigenvalue weighted by atomic mass is 9.83. The van der Waals surface area contributed by atoms with Gasteiger partial charge in [0.1, 0.15) is 0 Å². The Morgan fingerprint density at radius 3 is 2.73 bits per heavy atom. The van der Waals surface area contributed by atoms with Gasteiger partial charge in [-0.15, -0.1) is 6.58 Å². The molecule has 0 radical (unpaired) electrons. The molecular formula is C24H33N5O. The topological polar surface area (TPSA) is 63.1 Å². The van der Waals surface area contributed by atoms with E-state index in [1.54, 1.807) is 0 Å². The predicted molar refractivity (Wildman–Crippen MR) is 118 cm³/mol. The third-order valence-electron chi connectivity index (χ3n) is 6.78. The van der Waals surface area contributed by atoms with Crippen molar-refractivity contribution < 1.29 is 4.79 Å². The number of likely N-dealkylation sites (tertiary alicyclic amines) is 1. The van der Waals surface area contributed by atoms with Gasteiger partial charge in [0.25, 0.3) is 0 Å². The number of hydrogen-bond donors (Lipinski definition) is 1. The standard InChI is InChI=1S/C24H33N5O/c1-3-13-29-18(2)21(16-26-29)17-28-14-10-19(11-15-28)23(22-9-4-5-12-25-22)27-24(30)20-7-6-8-20/h3-5,9,12,16,19-20,23H,1,6-8,10-11,13-15,17H2,2H3,(H,27,30)/t23-/m0/s1. The van der Waals surface area contributed by atoms with Crippen molar-refractivity contribution in [2.75, 3.05) is 13.1 Å². The molecule has 1 atom stereocenters. The third-order valence-corrected chi connectivity index (χ3v) is 6.78. The summed E-state index contributed by atoms with van der Waals surface area (Å²) in [4.78, 5) is 19.8. The first-order valence-electron chi connectivity index (χ1n) is 11.2. The molecule has 1 amide bonds. The van der Waals surface area contributed by atoms with Crippen LogP contribution in [0.4, 0.5) is 0 Å². The van der Waals surface area contributed by atoms with Gasteiger partial charge in [0.2, 0.25) is 5.91 Å². The molecule has 4 rings (SSSR count). The van der Waals surface area contributed by atoms with E-state index in [9.17, 15) is 4.79 Å². The number of nitrogens with one attached hydrogen (secondary N) is 1. The van der Waals surface area contributed by atoms with E-state index in [0.717, 1.165) is 57.6 Å². The summed E-state index contributed by atoms with van der Waals surface area (Å²) in [6, 6.07) is 6.02. The van der Waals surface area contributed by atoms with E-state index in [0.29, 0.717) is 5.92 Å². The zero-order chi connectivity index (χ0) is 20.9. The van der Waals surface area contributed by atoms with Crippen LogP contribution in [-0.2, 0) is 17.9 Å². The summed E-state index contributed by atoms with van der Waals surface area (Å²) in [7, 11) is 0. The summed E-state index contributed by atoms with van der Waals surface area (Å²) in [6.07, 6.45) is 11.0. The molecule has 2 aromatic heterocycles. The zero-order valence-corrected chi connectivity index (χ0v) is 18.0. The quantitative estimate of drug-likeness (QED) is 0.679. The molecule has 30 heavy (non-hydrogen) atoms. The number of carbonyl (C=O) groups excluding carboxylic acids is 1. The highest BCUT2D eigenvalue weighted by atomic mass is 16.2. The summed E-state index contributed by atoms with van der Waals surface area (Å²) in [5, 5.41) is 7.83. The van der Waals surface area contributed by atoms with Crippen LogP contribution in [0.2, 0.25) is 0 Å². The number of rotatable bonds is 8. The second-order valence-corrected chi connectivity index (χ2v) is 8.71. The summed E-state index contributed by atoms with van der Waals surface area (Å²) in [5.74, 6) is 0.834. The van der Waals surface area contributed by atoms with Crippen LogP contribution in [-0.4, -0.2) is 38.7 Å². The lowest BCUT2D eigenvalue weighted by Crippen LogP contribution is -2.43. The van der Waals surface area contributed by atoms with Crippen molar-refractivity contribution in [2.24, 2.45) is 11.8 Å². The van der Waals surface area contributed by atoms with E-state index in [-0.39, 0.29) is 17.9 Å². The average Bonchev–Trinajstić information content (AvgIpc) is 3.06. The van der Waals surface area contributed by atoms with Crippen molar-refractivity contribution >= 4 is 5.91 Å². The summed E-state index contributed by atoms with van der Waals surface area (Å²) in [5.41, 5.74) is 3.50. The Labute approximate surface area is 179 Å². The highest BCUT2D eigenvalue weighted by Crippen LogP contribution is 2.33. The Morgan fingerprint density at radius 2 is 2.10 bits per heavy atom. The van der Waals surface area contributed by atoms with E-state index in [1.165, 1.54) is 17.7 Å². The first kappa shape index (κ1) is 20.8. The number of carbonyl (C=O) groups is 1. The molecule has 160 valence electrons. The van der Waals surface area contributed by atoms with Gasteiger partial charge in [0.05, 0.1) is 24.5 Å². The van der Waals surface area contributed by atoms with Crippen LogP contribution < -0.4 is 5.32 Å². The fourth-order valence-electron chi connectivity index (χ4n) is 4.57. The van der Waals surface area contributed by atoms with E-state index in [4.69, 9.17) is 0 Å². The minimum Gasteiger partial charge on any atom is -0.347 e. The van der Waals surface area contributed by atoms with E-state index in [1.807, 2.05) is 35.3 Å². The average molecular weight is 408 g/mol. The van der Waals surface area contributed by atoms with Gasteiger partial charge < -0.3 is 5.32 Å².